The van der Waals surface area contributed by atoms with Crippen molar-refractivity contribution in [3.8, 4) is 0 Å². The molecule has 0 aromatic heterocycles. The second-order valence-electron chi connectivity index (χ2n) is 0.250. The topological polar surface area (TPSA) is 93.2 Å². The van der Waals surface area contributed by atoms with Crippen LogP contribution < -0.4 is 10.2 Å². The van der Waals surface area contributed by atoms with Gasteiger partial charge in [-0.2, -0.15) is 0 Å². The van der Waals surface area contributed by atoms with E-state index in [1.165, 1.54) is 0 Å². The van der Waals surface area contributed by atoms with Gasteiger partial charge >= 0.3 is 41.3 Å². The van der Waals surface area contributed by atoms with Crippen LogP contribution in [-0.2, 0) is 0 Å². The first-order chi connectivity index (χ1) is 1.73. The van der Waals surface area contributed by atoms with Gasteiger partial charge in [-0.1, -0.05) is 0 Å². The zero-order valence-electron chi connectivity index (χ0n) is 2.75. The van der Waals surface area contributed by atoms with Crippen molar-refractivity contribution in [3.05, 3.63) is 0 Å². The summed E-state index contributed by atoms with van der Waals surface area (Å²) in [7, 11) is 0. The molecule has 0 radical (unpaired) electrons. The van der Waals surface area contributed by atoms with Crippen LogP contribution in [0, 0.1) is 41.3 Å². The molecule has 0 saturated carbocycles. The van der Waals surface area contributed by atoms with Gasteiger partial charge in [0.2, 0.25) is 0 Å². The maximum absolute atomic E-state index is 8.33. The fourth-order valence-corrected chi connectivity index (χ4v) is 0. The number of hydrogen-bond acceptors (Lipinski definition) is 4. The summed E-state index contributed by atoms with van der Waals surface area (Å²) >= 11 is 0. The summed E-state index contributed by atoms with van der Waals surface area (Å²) in [5.74, 6) is 0. The fourth-order valence-electron chi connectivity index (χ4n) is 0. The SMILES string of the molecule is O=C([O-])[O-].[OH-].[Pr+3]. The van der Waals surface area contributed by atoms with Crippen LogP contribution in [-0.4, -0.2) is 11.6 Å². The molecule has 0 saturated heterocycles. The van der Waals surface area contributed by atoms with Crippen LogP contribution in [0.1, 0.15) is 0 Å². The van der Waals surface area contributed by atoms with E-state index >= 15 is 0 Å². The number of rotatable bonds is 0. The molecule has 0 unspecified atom stereocenters. The summed E-state index contributed by atoms with van der Waals surface area (Å²) in [6.07, 6.45) is -2.33. The predicted molar refractivity (Wildman–Crippen MR) is 7.33 cm³/mol. The first-order valence-electron chi connectivity index (χ1n) is 0.612. The quantitative estimate of drug-likeness (QED) is 0.444. The molecular weight excluding hydrogens is 217 g/mol. The van der Waals surface area contributed by atoms with E-state index in [1.807, 2.05) is 0 Å². The molecule has 0 bridgehead atoms. The Hall–Kier alpha value is 0.594. The van der Waals surface area contributed by atoms with Gasteiger partial charge in [-0.05, 0) is 6.16 Å². The first kappa shape index (κ1) is 16.0. The van der Waals surface area contributed by atoms with Gasteiger partial charge in [0.15, 0.2) is 0 Å². The van der Waals surface area contributed by atoms with Crippen LogP contribution in [0.25, 0.3) is 0 Å². The summed E-state index contributed by atoms with van der Waals surface area (Å²) in [6, 6.07) is 0. The van der Waals surface area contributed by atoms with E-state index in [2.05, 4.69) is 0 Å². The van der Waals surface area contributed by atoms with Gasteiger partial charge in [0.1, 0.15) is 0 Å². The van der Waals surface area contributed by atoms with E-state index < -0.39 is 6.16 Å². The molecule has 0 atom stereocenters. The van der Waals surface area contributed by atoms with Gasteiger partial charge in [0.05, 0.1) is 0 Å². The molecule has 0 aromatic rings. The van der Waals surface area contributed by atoms with E-state index in [0.29, 0.717) is 0 Å². The average Bonchev–Trinajstić information content (AvgIpc) is 0.811. The third kappa shape index (κ3) is 168. The Bertz CT molecular complexity index is 30.5. The summed E-state index contributed by atoms with van der Waals surface area (Å²) in [5, 5.41) is 16.7. The van der Waals surface area contributed by atoms with Crippen molar-refractivity contribution in [3.63, 3.8) is 0 Å². The van der Waals surface area contributed by atoms with Crippen LogP contribution >= 0.6 is 0 Å². The zero-order valence-corrected chi connectivity index (χ0v) is 6.45. The number of carbonyl (C=O) groups excluding carboxylic acids is 1. The van der Waals surface area contributed by atoms with E-state index in [1.54, 1.807) is 0 Å². The van der Waals surface area contributed by atoms with Gasteiger partial charge in [-0.15, -0.1) is 0 Å². The fraction of sp³-hybridized carbons (Fsp3) is 0. The van der Waals surface area contributed by atoms with Gasteiger partial charge in [-0.25, -0.2) is 0 Å². The molecule has 0 aliphatic carbocycles. The van der Waals surface area contributed by atoms with Gasteiger partial charge in [0.25, 0.3) is 0 Å². The van der Waals surface area contributed by atoms with Gasteiger partial charge in [0, 0.05) is 0 Å². The predicted octanol–water partition coefficient (Wildman–Crippen LogP) is -2.62. The van der Waals surface area contributed by atoms with E-state index in [-0.39, 0.29) is 46.8 Å². The van der Waals surface area contributed by atoms with Gasteiger partial charge in [-0.3, -0.25) is 0 Å². The normalized spacial score (nSPS) is 4.00. The second kappa shape index (κ2) is 9.14. The molecule has 0 aliphatic rings. The minimum atomic E-state index is -2.33. The van der Waals surface area contributed by atoms with Crippen LogP contribution in [0.15, 0.2) is 0 Å². The van der Waals surface area contributed by atoms with E-state index in [4.69, 9.17) is 15.0 Å². The number of hydrogen-bond donors (Lipinski definition) is 0. The van der Waals surface area contributed by atoms with E-state index in [0.717, 1.165) is 0 Å². The minimum Gasteiger partial charge on any atom is -0.870 e. The minimum absolute atomic E-state index is 0. The Morgan fingerprint density at radius 3 is 1.33 bits per heavy atom. The van der Waals surface area contributed by atoms with Crippen LogP contribution in [0.3, 0.4) is 0 Å². The van der Waals surface area contributed by atoms with Crippen molar-refractivity contribution in [2.75, 3.05) is 0 Å². The Labute approximate surface area is 67.4 Å². The molecule has 6 heavy (non-hydrogen) atoms. The van der Waals surface area contributed by atoms with Crippen LogP contribution in [0.2, 0.25) is 0 Å². The molecule has 0 aliphatic heterocycles. The second-order valence-corrected chi connectivity index (χ2v) is 0.250. The van der Waals surface area contributed by atoms with E-state index in [9.17, 15) is 0 Å². The molecular formula is CHO4Pr. The maximum atomic E-state index is 8.33. The third-order valence-corrected chi connectivity index (χ3v) is 0. The Morgan fingerprint density at radius 1 is 1.33 bits per heavy atom. The molecule has 4 nitrogen and oxygen atoms in total. The van der Waals surface area contributed by atoms with Gasteiger partial charge < -0.3 is 20.5 Å². The molecule has 5 heteroatoms. The number of carboxylic acid groups (broad SMARTS) is 2. The molecule has 0 rings (SSSR count). The van der Waals surface area contributed by atoms with Crippen molar-refractivity contribution in [2.24, 2.45) is 0 Å². The van der Waals surface area contributed by atoms with Crippen molar-refractivity contribution in [1.82, 2.24) is 0 Å². The third-order valence-electron chi connectivity index (χ3n) is 0. The smallest absolute Gasteiger partial charge is 0.870 e. The molecule has 0 fully saturated rings. The molecule has 0 amide bonds. The number of carbonyl (C=O) groups is 1. The van der Waals surface area contributed by atoms with Crippen molar-refractivity contribution in [1.29, 1.82) is 0 Å². The summed E-state index contributed by atoms with van der Waals surface area (Å²) in [4.78, 5) is 8.33. The standard InChI is InChI=1S/CH2O3.H2O.Pr/c2-1(3)4;;/h(H2,2,3,4);1H2;/q;;+3/p-3. The monoisotopic (exact) mass is 218 g/mol. The largest absolute Gasteiger partial charge is 3.00 e. The molecule has 32 valence electrons. The molecule has 1 N–H and O–H groups in total. The zero-order chi connectivity index (χ0) is 3.58. The maximum Gasteiger partial charge on any atom is 3.00 e. The summed E-state index contributed by atoms with van der Waals surface area (Å²) in [5.41, 5.74) is 0. The molecule has 0 aromatic carbocycles. The summed E-state index contributed by atoms with van der Waals surface area (Å²) < 4.78 is 0. The Morgan fingerprint density at radius 2 is 1.33 bits per heavy atom. The van der Waals surface area contributed by atoms with Crippen molar-refractivity contribution in [2.45, 2.75) is 0 Å². The van der Waals surface area contributed by atoms with Crippen molar-refractivity contribution >= 4 is 6.16 Å². The van der Waals surface area contributed by atoms with Crippen LogP contribution in [0.5, 0.6) is 0 Å². The van der Waals surface area contributed by atoms with Crippen molar-refractivity contribution < 1.29 is 61.8 Å². The first-order valence-corrected chi connectivity index (χ1v) is 0.612. The Balaban J connectivity index is -0.0000000450. The van der Waals surface area contributed by atoms with Crippen LogP contribution in [0.4, 0.5) is 4.79 Å². The Kier molecular flexibility index (Phi) is 24.3. The molecule has 0 heterocycles. The molecule has 0 spiro atoms. The summed E-state index contributed by atoms with van der Waals surface area (Å²) in [6.45, 7) is 0. The average molecular weight is 218 g/mol.